The zero-order valence-corrected chi connectivity index (χ0v) is 22.1. The van der Waals surface area contributed by atoms with Gasteiger partial charge in [0.1, 0.15) is 30.5 Å². The lowest BCUT2D eigenvalue weighted by molar-refractivity contribution is 0.0746. The molecule has 1 amide bonds. The smallest absolute Gasteiger partial charge is 0.258 e. The van der Waals surface area contributed by atoms with E-state index in [2.05, 4.69) is 13.8 Å². The van der Waals surface area contributed by atoms with Crippen molar-refractivity contribution in [3.63, 3.8) is 0 Å². The third kappa shape index (κ3) is 5.67. The van der Waals surface area contributed by atoms with Gasteiger partial charge in [-0.05, 0) is 51.9 Å². The third-order valence-corrected chi connectivity index (χ3v) is 6.86. The number of rotatable bonds is 9. The van der Waals surface area contributed by atoms with Crippen LogP contribution < -0.4 is 14.2 Å². The van der Waals surface area contributed by atoms with E-state index in [-0.39, 0.29) is 11.8 Å². The topological polar surface area (TPSA) is 48.0 Å². The van der Waals surface area contributed by atoms with Crippen molar-refractivity contribution < 1.29 is 19.0 Å². The number of carbonyl (C=O) groups excluding carboxylic acids is 1. The molecule has 0 unspecified atom stereocenters. The molecule has 194 valence electrons. The SMILES string of the molecule is COc1ccc2c(c1)CN(C(=O)c1cc(C(C)C)c(OCc3ccccc3)cc1OCc1ccccc1)C2. The van der Waals surface area contributed by atoms with E-state index in [9.17, 15) is 4.79 Å². The van der Waals surface area contributed by atoms with Crippen molar-refractivity contribution in [2.24, 2.45) is 0 Å². The summed E-state index contributed by atoms with van der Waals surface area (Å²) in [5, 5.41) is 0. The number of methoxy groups -OCH3 is 1. The first kappa shape index (κ1) is 25.4. The summed E-state index contributed by atoms with van der Waals surface area (Å²) in [6.07, 6.45) is 0. The molecule has 38 heavy (non-hydrogen) atoms. The molecule has 1 heterocycles. The number of benzene rings is 4. The second-order valence-corrected chi connectivity index (χ2v) is 9.89. The van der Waals surface area contributed by atoms with Crippen molar-refractivity contribution in [3.05, 3.63) is 124 Å². The molecule has 0 aliphatic carbocycles. The van der Waals surface area contributed by atoms with Crippen molar-refractivity contribution in [3.8, 4) is 17.2 Å². The molecule has 0 atom stereocenters. The Morgan fingerprint density at radius 3 is 1.97 bits per heavy atom. The molecule has 4 aromatic rings. The summed E-state index contributed by atoms with van der Waals surface area (Å²) in [4.78, 5) is 15.8. The number of ether oxygens (including phenoxy) is 3. The molecular weight excluding hydrogens is 474 g/mol. The fraction of sp³-hybridized carbons (Fsp3) is 0.242. The number of nitrogens with zero attached hydrogens (tertiary/aromatic N) is 1. The molecular formula is C33H33NO4. The second kappa shape index (κ2) is 11.4. The van der Waals surface area contributed by atoms with Gasteiger partial charge in [-0.15, -0.1) is 0 Å². The molecule has 0 spiro atoms. The van der Waals surface area contributed by atoms with Crippen LogP contribution in [0.2, 0.25) is 0 Å². The first-order valence-corrected chi connectivity index (χ1v) is 13.0. The molecule has 0 saturated carbocycles. The van der Waals surface area contributed by atoms with Crippen LogP contribution in [0.1, 0.15) is 57.9 Å². The van der Waals surface area contributed by atoms with Crippen LogP contribution in [-0.2, 0) is 26.3 Å². The molecule has 0 N–H and O–H groups in total. The summed E-state index contributed by atoms with van der Waals surface area (Å²) in [5.74, 6) is 2.17. The Morgan fingerprint density at radius 1 is 0.763 bits per heavy atom. The summed E-state index contributed by atoms with van der Waals surface area (Å²) in [7, 11) is 1.66. The first-order chi connectivity index (χ1) is 18.5. The van der Waals surface area contributed by atoms with Gasteiger partial charge in [-0.2, -0.15) is 0 Å². The highest BCUT2D eigenvalue weighted by atomic mass is 16.5. The van der Waals surface area contributed by atoms with Crippen LogP contribution in [0.3, 0.4) is 0 Å². The van der Waals surface area contributed by atoms with E-state index in [0.717, 1.165) is 39.3 Å². The highest BCUT2D eigenvalue weighted by Crippen LogP contribution is 2.37. The van der Waals surface area contributed by atoms with E-state index in [1.54, 1.807) is 7.11 Å². The minimum Gasteiger partial charge on any atom is -0.497 e. The van der Waals surface area contributed by atoms with Crippen LogP contribution >= 0.6 is 0 Å². The number of hydrogen-bond donors (Lipinski definition) is 0. The molecule has 5 heteroatoms. The Labute approximate surface area is 224 Å². The van der Waals surface area contributed by atoms with Crippen molar-refractivity contribution in [2.75, 3.05) is 7.11 Å². The maximum atomic E-state index is 13.9. The zero-order valence-electron chi connectivity index (χ0n) is 22.1. The Morgan fingerprint density at radius 2 is 1.37 bits per heavy atom. The molecule has 0 saturated heterocycles. The highest BCUT2D eigenvalue weighted by Gasteiger charge is 2.28. The second-order valence-electron chi connectivity index (χ2n) is 9.89. The van der Waals surface area contributed by atoms with Crippen molar-refractivity contribution in [1.29, 1.82) is 0 Å². The van der Waals surface area contributed by atoms with Gasteiger partial charge < -0.3 is 19.1 Å². The number of carbonyl (C=O) groups is 1. The van der Waals surface area contributed by atoms with E-state index in [4.69, 9.17) is 14.2 Å². The number of amides is 1. The Bertz CT molecular complexity index is 1400. The maximum Gasteiger partial charge on any atom is 0.258 e. The molecule has 4 aromatic carbocycles. The summed E-state index contributed by atoms with van der Waals surface area (Å²) < 4.78 is 18.0. The van der Waals surface area contributed by atoms with Crippen LogP contribution in [0.5, 0.6) is 17.2 Å². The van der Waals surface area contributed by atoms with Gasteiger partial charge in [0, 0.05) is 19.2 Å². The summed E-state index contributed by atoms with van der Waals surface area (Å²) in [5.41, 5.74) is 5.89. The quantitative estimate of drug-likeness (QED) is 0.242. The predicted molar refractivity (Wildman–Crippen MR) is 149 cm³/mol. The lowest BCUT2D eigenvalue weighted by atomic mass is 9.98. The van der Waals surface area contributed by atoms with Gasteiger partial charge in [-0.3, -0.25) is 4.79 Å². The third-order valence-electron chi connectivity index (χ3n) is 6.86. The Hall–Kier alpha value is -4.25. The average Bonchev–Trinajstić information content (AvgIpc) is 3.39. The lowest BCUT2D eigenvalue weighted by Gasteiger charge is -2.22. The summed E-state index contributed by atoms with van der Waals surface area (Å²) in [6, 6.07) is 29.9. The first-order valence-electron chi connectivity index (χ1n) is 13.0. The van der Waals surface area contributed by atoms with E-state index in [0.29, 0.717) is 37.6 Å². The van der Waals surface area contributed by atoms with Gasteiger partial charge in [0.2, 0.25) is 0 Å². The van der Waals surface area contributed by atoms with Gasteiger partial charge in [0.25, 0.3) is 5.91 Å². The van der Waals surface area contributed by atoms with Crippen molar-refractivity contribution in [1.82, 2.24) is 4.90 Å². The van der Waals surface area contributed by atoms with E-state index in [1.807, 2.05) is 95.9 Å². The average molecular weight is 508 g/mol. The molecule has 0 bridgehead atoms. The highest BCUT2D eigenvalue weighted by molar-refractivity contribution is 5.98. The number of hydrogen-bond acceptors (Lipinski definition) is 4. The molecule has 0 aromatic heterocycles. The zero-order chi connectivity index (χ0) is 26.5. The fourth-order valence-electron chi connectivity index (χ4n) is 4.72. The van der Waals surface area contributed by atoms with Crippen LogP contribution in [0.15, 0.2) is 91.0 Å². The molecule has 0 radical (unpaired) electrons. The van der Waals surface area contributed by atoms with Crippen LogP contribution in [0, 0.1) is 0 Å². The summed E-state index contributed by atoms with van der Waals surface area (Å²) >= 11 is 0. The minimum atomic E-state index is -0.0558. The fourth-order valence-corrected chi connectivity index (χ4v) is 4.72. The van der Waals surface area contributed by atoms with Crippen molar-refractivity contribution in [2.45, 2.75) is 46.1 Å². The normalized spacial score (nSPS) is 12.4. The number of fused-ring (bicyclic) bond motifs is 1. The van der Waals surface area contributed by atoms with Crippen LogP contribution in [0.25, 0.3) is 0 Å². The van der Waals surface area contributed by atoms with Crippen LogP contribution in [-0.4, -0.2) is 17.9 Å². The predicted octanol–water partition coefficient (Wildman–Crippen LogP) is 7.13. The van der Waals surface area contributed by atoms with E-state index < -0.39 is 0 Å². The molecule has 5 nitrogen and oxygen atoms in total. The molecule has 0 fully saturated rings. The monoisotopic (exact) mass is 507 g/mol. The van der Waals surface area contributed by atoms with Gasteiger partial charge in [-0.1, -0.05) is 80.6 Å². The Kier molecular flexibility index (Phi) is 7.64. The van der Waals surface area contributed by atoms with E-state index >= 15 is 0 Å². The lowest BCUT2D eigenvalue weighted by Crippen LogP contribution is -2.26. The molecule has 5 rings (SSSR count). The van der Waals surface area contributed by atoms with Gasteiger partial charge in [-0.25, -0.2) is 0 Å². The summed E-state index contributed by atoms with van der Waals surface area (Å²) in [6.45, 7) is 6.11. The van der Waals surface area contributed by atoms with Crippen molar-refractivity contribution >= 4 is 5.91 Å². The minimum absolute atomic E-state index is 0.0558. The van der Waals surface area contributed by atoms with Gasteiger partial charge in [0.05, 0.1) is 12.7 Å². The van der Waals surface area contributed by atoms with Crippen LogP contribution in [0.4, 0.5) is 0 Å². The van der Waals surface area contributed by atoms with Gasteiger partial charge >= 0.3 is 0 Å². The molecule has 1 aliphatic rings. The Balaban J connectivity index is 1.47. The molecule has 1 aliphatic heterocycles. The standard InChI is InChI=1S/C33H33NO4/c1-23(2)29-17-30(33(35)34-19-26-14-15-28(36-3)16-27(26)20-34)32(38-22-25-12-8-5-9-13-25)18-31(29)37-21-24-10-6-4-7-11-24/h4-18,23H,19-22H2,1-3H3. The van der Waals surface area contributed by atoms with E-state index in [1.165, 1.54) is 0 Å². The van der Waals surface area contributed by atoms with Gasteiger partial charge in [0.15, 0.2) is 0 Å². The largest absolute Gasteiger partial charge is 0.497 e. The maximum absolute atomic E-state index is 13.9.